The van der Waals surface area contributed by atoms with Crippen LogP contribution in [0.3, 0.4) is 0 Å². The third-order valence-corrected chi connectivity index (χ3v) is 0.183. The first-order valence-electron chi connectivity index (χ1n) is 1.98. The SMILES string of the molecule is F[B-](F)(F)F.O=C(O)C(=O)O.[LiH]. The molecular formula is C2H3BF4LiO4-. The Morgan fingerprint density at radius 2 is 1.00 bits per heavy atom. The number of carbonyl (C=O) groups is 2. The van der Waals surface area contributed by atoms with Gasteiger partial charge in [0.25, 0.3) is 0 Å². The van der Waals surface area contributed by atoms with Crippen molar-refractivity contribution in [1.82, 2.24) is 0 Å². The van der Waals surface area contributed by atoms with Crippen LogP contribution in [-0.4, -0.2) is 48.3 Å². The van der Waals surface area contributed by atoms with E-state index in [1.807, 2.05) is 0 Å². The van der Waals surface area contributed by atoms with Crippen molar-refractivity contribution in [3.63, 3.8) is 0 Å². The van der Waals surface area contributed by atoms with E-state index >= 15 is 0 Å². The second-order valence-corrected chi connectivity index (χ2v) is 1.11. The number of carboxylic acid groups (broad SMARTS) is 2. The van der Waals surface area contributed by atoms with Gasteiger partial charge in [-0.2, -0.15) is 0 Å². The standard InChI is InChI=1S/C2H2O4.BF4.Li.H/c3-1(4)2(5)6;2-1(3,4)5;;/h(H,3,4)(H,5,6);;;/q;-1;;. The molecule has 0 aliphatic heterocycles. The van der Waals surface area contributed by atoms with E-state index in [9.17, 15) is 17.3 Å². The van der Waals surface area contributed by atoms with Crippen molar-refractivity contribution in [3.05, 3.63) is 0 Å². The minimum absolute atomic E-state index is 0. The van der Waals surface area contributed by atoms with Gasteiger partial charge in [0, 0.05) is 0 Å². The van der Waals surface area contributed by atoms with Crippen LogP contribution in [0, 0.1) is 0 Å². The second-order valence-electron chi connectivity index (χ2n) is 1.11. The Labute approximate surface area is 75.8 Å². The monoisotopic (exact) mass is 185 g/mol. The molecule has 0 aromatic heterocycles. The average molecular weight is 185 g/mol. The Bertz CT molecular complexity index is 140. The molecule has 0 aliphatic rings. The van der Waals surface area contributed by atoms with Crippen LogP contribution in [0.5, 0.6) is 0 Å². The molecule has 0 fully saturated rings. The van der Waals surface area contributed by atoms with Gasteiger partial charge in [-0.05, 0) is 0 Å². The van der Waals surface area contributed by atoms with Crippen LogP contribution in [-0.2, 0) is 9.59 Å². The molecule has 12 heavy (non-hydrogen) atoms. The fourth-order valence-electron chi connectivity index (χ4n) is 0. The first kappa shape index (κ1) is 17.4. The van der Waals surface area contributed by atoms with Crippen molar-refractivity contribution in [1.29, 1.82) is 0 Å². The van der Waals surface area contributed by atoms with Gasteiger partial charge >= 0.3 is 38.1 Å². The van der Waals surface area contributed by atoms with Crippen LogP contribution in [0.1, 0.15) is 0 Å². The van der Waals surface area contributed by atoms with Crippen molar-refractivity contribution in [2.45, 2.75) is 0 Å². The van der Waals surface area contributed by atoms with E-state index in [1.54, 1.807) is 0 Å². The zero-order valence-electron chi connectivity index (χ0n) is 4.80. The molecule has 0 unspecified atom stereocenters. The van der Waals surface area contributed by atoms with Gasteiger partial charge in [-0.15, -0.1) is 0 Å². The van der Waals surface area contributed by atoms with E-state index in [1.165, 1.54) is 0 Å². The summed E-state index contributed by atoms with van der Waals surface area (Å²) in [5, 5.41) is 14.8. The zero-order valence-corrected chi connectivity index (χ0v) is 4.80. The summed E-state index contributed by atoms with van der Waals surface area (Å²) >= 11 is 0. The summed E-state index contributed by atoms with van der Waals surface area (Å²) in [5.41, 5.74) is 0. The molecule has 68 valence electrons. The molecule has 10 heteroatoms. The molecule has 0 bridgehead atoms. The van der Waals surface area contributed by atoms with Crippen LogP contribution < -0.4 is 0 Å². The number of aliphatic carboxylic acids is 2. The topological polar surface area (TPSA) is 74.6 Å². The molecule has 0 amide bonds. The van der Waals surface area contributed by atoms with Gasteiger partial charge in [0.05, 0.1) is 0 Å². The summed E-state index contributed by atoms with van der Waals surface area (Å²) in [5.74, 6) is -3.65. The summed E-state index contributed by atoms with van der Waals surface area (Å²) in [7, 11) is -6.00. The van der Waals surface area contributed by atoms with Crippen LogP contribution in [0.4, 0.5) is 17.3 Å². The van der Waals surface area contributed by atoms with Crippen LogP contribution >= 0.6 is 0 Å². The van der Waals surface area contributed by atoms with Gasteiger partial charge in [-0.25, -0.2) is 9.59 Å². The minimum atomic E-state index is -6.00. The maximum atomic E-state index is 9.75. The number of halogens is 4. The van der Waals surface area contributed by atoms with Crippen molar-refractivity contribution in [3.8, 4) is 0 Å². The average Bonchev–Trinajstić information content (AvgIpc) is 1.59. The quantitative estimate of drug-likeness (QED) is 0.311. The summed E-state index contributed by atoms with van der Waals surface area (Å²) in [4.78, 5) is 18.2. The van der Waals surface area contributed by atoms with Gasteiger partial charge in [0.1, 0.15) is 0 Å². The molecule has 0 saturated carbocycles. The Kier molecular flexibility index (Phi) is 10.2. The molecule has 0 spiro atoms. The fraction of sp³-hybridized carbons (Fsp3) is 0. The molecule has 0 heterocycles. The molecule has 0 rings (SSSR count). The zero-order chi connectivity index (χ0) is 9.65. The Morgan fingerprint density at radius 3 is 1.00 bits per heavy atom. The molecule has 0 aromatic rings. The van der Waals surface area contributed by atoms with Crippen molar-refractivity contribution < 1.29 is 37.1 Å². The van der Waals surface area contributed by atoms with Crippen LogP contribution in [0.25, 0.3) is 0 Å². The van der Waals surface area contributed by atoms with Gasteiger partial charge in [-0.1, -0.05) is 0 Å². The van der Waals surface area contributed by atoms with Crippen LogP contribution in [0.15, 0.2) is 0 Å². The van der Waals surface area contributed by atoms with Crippen LogP contribution in [0.2, 0.25) is 0 Å². The molecule has 4 nitrogen and oxygen atoms in total. The third kappa shape index (κ3) is 58.5. The number of carboxylic acids is 2. The third-order valence-electron chi connectivity index (χ3n) is 0.183. The van der Waals surface area contributed by atoms with E-state index in [-0.39, 0.29) is 18.9 Å². The fourth-order valence-corrected chi connectivity index (χ4v) is 0. The number of rotatable bonds is 0. The molecule has 0 saturated heterocycles. The van der Waals surface area contributed by atoms with E-state index in [0.717, 1.165) is 0 Å². The summed E-state index contributed by atoms with van der Waals surface area (Å²) in [6.45, 7) is 0. The van der Waals surface area contributed by atoms with Gasteiger partial charge in [-0.3, -0.25) is 0 Å². The Hall–Kier alpha value is -0.678. The van der Waals surface area contributed by atoms with Crippen molar-refractivity contribution in [2.75, 3.05) is 0 Å². The number of hydrogen-bond donors (Lipinski definition) is 2. The van der Waals surface area contributed by atoms with Crippen molar-refractivity contribution >= 4 is 38.1 Å². The predicted octanol–water partition coefficient (Wildman–Crippen LogP) is -0.193. The molecule has 0 radical (unpaired) electrons. The van der Waals surface area contributed by atoms with Gasteiger partial charge in [0.2, 0.25) is 0 Å². The molecule has 0 aliphatic carbocycles. The summed E-state index contributed by atoms with van der Waals surface area (Å²) in [6, 6.07) is 0. The predicted molar refractivity (Wildman–Crippen MR) is 32.6 cm³/mol. The summed E-state index contributed by atoms with van der Waals surface area (Å²) in [6.07, 6.45) is 0. The molecule has 2 N–H and O–H groups in total. The maximum absolute atomic E-state index is 9.75. The Balaban J connectivity index is -0.000000126. The van der Waals surface area contributed by atoms with E-state index in [2.05, 4.69) is 0 Å². The first-order valence-corrected chi connectivity index (χ1v) is 1.98. The molecular weight excluding hydrogens is 182 g/mol. The first-order chi connectivity index (χ1) is 4.64. The molecule has 0 aromatic carbocycles. The van der Waals surface area contributed by atoms with Gasteiger partial charge < -0.3 is 27.5 Å². The van der Waals surface area contributed by atoms with E-state index < -0.39 is 19.2 Å². The van der Waals surface area contributed by atoms with Crippen molar-refractivity contribution in [2.24, 2.45) is 0 Å². The number of hydrogen-bond acceptors (Lipinski definition) is 2. The second kappa shape index (κ2) is 7.00. The van der Waals surface area contributed by atoms with E-state index in [0.29, 0.717) is 0 Å². The summed E-state index contributed by atoms with van der Waals surface area (Å²) < 4.78 is 39.0. The molecule has 0 atom stereocenters. The Morgan fingerprint density at radius 1 is 0.917 bits per heavy atom. The van der Waals surface area contributed by atoms with E-state index in [4.69, 9.17) is 19.8 Å². The normalized spacial score (nSPS) is 8.67. The van der Waals surface area contributed by atoms with Gasteiger partial charge in [0.15, 0.2) is 0 Å².